The molecule has 3 heteroatoms. The van der Waals surface area contributed by atoms with Crippen LogP contribution in [0.15, 0.2) is 47.2 Å². The second kappa shape index (κ2) is 5.11. The van der Waals surface area contributed by atoms with E-state index in [-0.39, 0.29) is 6.04 Å². The van der Waals surface area contributed by atoms with Crippen molar-refractivity contribution in [3.8, 4) is 0 Å². The first-order valence-electron chi connectivity index (χ1n) is 6.37. The molecule has 96 valence electrons. The van der Waals surface area contributed by atoms with Crippen LogP contribution in [0, 0.1) is 6.92 Å². The molecule has 3 aromatic rings. The lowest BCUT2D eigenvalue weighted by Crippen LogP contribution is -2.14. The topological polar surface area (TPSA) is 38.9 Å². The van der Waals surface area contributed by atoms with Crippen LogP contribution in [0.25, 0.3) is 10.9 Å². The molecule has 0 bridgehead atoms. The molecule has 0 radical (unpaired) electrons. The van der Waals surface area contributed by atoms with Gasteiger partial charge in [-0.1, -0.05) is 24.3 Å². The van der Waals surface area contributed by atoms with Crippen molar-refractivity contribution in [2.24, 2.45) is 5.73 Å². The third-order valence-corrected chi connectivity index (χ3v) is 4.26. The molecule has 0 aliphatic rings. The summed E-state index contributed by atoms with van der Waals surface area (Å²) in [6.45, 7) is 2.11. The molecule has 0 spiro atoms. The summed E-state index contributed by atoms with van der Waals surface area (Å²) in [4.78, 5) is 4.68. The maximum Gasteiger partial charge on any atom is 0.0705 e. The van der Waals surface area contributed by atoms with E-state index >= 15 is 0 Å². The zero-order valence-corrected chi connectivity index (χ0v) is 11.7. The zero-order chi connectivity index (χ0) is 13.2. The summed E-state index contributed by atoms with van der Waals surface area (Å²) in [7, 11) is 0. The highest BCUT2D eigenvalue weighted by molar-refractivity contribution is 7.08. The van der Waals surface area contributed by atoms with Gasteiger partial charge in [0, 0.05) is 23.5 Å². The lowest BCUT2D eigenvalue weighted by atomic mass is 10.0. The van der Waals surface area contributed by atoms with Gasteiger partial charge in [0.25, 0.3) is 0 Å². The van der Waals surface area contributed by atoms with Crippen LogP contribution < -0.4 is 5.73 Å². The molecule has 2 N–H and O–H groups in total. The smallest absolute Gasteiger partial charge is 0.0705 e. The van der Waals surface area contributed by atoms with E-state index in [9.17, 15) is 0 Å². The predicted molar refractivity (Wildman–Crippen MR) is 81.4 cm³/mol. The normalized spacial score (nSPS) is 12.7. The fraction of sp³-hybridized carbons (Fsp3) is 0.188. The van der Waals surface area contributed by atoms with E-state index in [1.54, 1.807) is 11.3 Å². The molecule has 1 aromatic carbocycles. The number of pyridine rings is 1. The number of nitrogens with zero attached hydrogens (tertiary/aromatic N) is 1. The molecule has 1 atom stereocenters. The number of rotatable bonds is 3. The van der Waals surface area contributed by atoms with Crippen LogP contribution in [0.5, 0.6) is 0 Å². The number of benzene rings is 1. The molecular weight excluding hydrogens is 252 g/mol. The number of nitrogens with two attached hydrogens (primary N) is 1. The average Bonchev–Trinajstić information content (AvgIpc) is 2.85. The largest absolute Gasteiger partial charge is 0.324 e. The number of aryl methyl sites for hydroxylation is 1. The van der Waals surface area contributed by atoms with Gasteiger partial charge in [-0.2, -0.15) is 11.3 Å². The van der Waals surface area contributed by atoms with Crippen molar-refractivity contribution in [2.45, 2.75) is 19.4 Å². The van der Waals surface area contributed by atoms with Crippen LogP contribution in [0.2, 0.25) is 0 Å². The van der Waals surface area contributed by atoms with Crippen LogP contribution >= 0.6 is 11.3 Å². The Balaban J connectivity index is 1.87. The molecule has 0 fully saturated rings. The second-order valence-electron chi connectivity index (χ2n) is 4.82. The highest BCUT2D eigenvalue weighted by Crippen LogP contribution is 2.23. The number of fused-ring (bicyclic) bond motifs is 1. The second-order valence-corrected chi connectivity index (χ2v) is 5.56. The first-order valence-corrected chi connectivity index (χ1v) is 7.31. The molecular formula is C16H16N2S. The monoisotopic (exact) mass is 268 g/mol. The van der Waals surface area contributed by atoms with Crippen molar-refractivity contribution >= 4 is 22.2 Å². The fourth-order valence-corrected chi connectivity index (χ4v) is 3.22. The van der Waals surface area contributed by atoms with Gasteiger partial charge in [-0.25, -0.2) is 0 Å². The maximum absolute atomic E-state index is 6.28. The van der Waals surface area contributed by atoms with E-state index in [0.717, 1.165) is 17.6 Å². The minimum atomic E-state index is 0.0277. The number of para-hydroxylation sites is 1. The van der Waals surface area contributed by atoms with E-state index in [1.165, 1.54) is 16.5 Å². The van der Waals surface area contributed by atoms with Crippen LogP contribution in [0.3, 0.4) is 0 Å². The van der Waals surface area contributed by atoms with Gasteiger partial charge >= 0.3 is 0 Å². The average molecular weight is 268 g/mol. The van der Waals surface area contributed by atoms with Crippen molar-refractivity contribution in [1.82, 2.24) is 4.98 Å². The van der Waals surface area contributed by atoms with Crippen LogP contribution in [0.1, 0.15) is 22.9 Å². The van der Waals surface area contributed by atoms with Crippen molar-refractivity contribution in [2.75, 3.05) is 0 Å². The molecule has 19 heavy (non-hydrogen) atoms. The standard InChI is InChI=1S/C16H16N2S/c1-11-9-19-10-14(11)15(17)8-13-7-6-12-4-2-3-5-16(12)18-13/h2-7,9-10,15H,8,17H2,1H3. The number of aromatic nitrogens is 1. The summed E-state index contributed by atoms with van der Waals surface area (Å²) in [5.74, 6) is 0. The van der Waals surface area contributed by atoms with Crippen molar-refractivity contribution < 1.29 is 0 Å². The van der Waals surface area contributed by atoms with E-state index in [1.807, 2.05) is 18.2 Å². The van der Waals surface area contributed by atoms with Gasteiger partial charge in [0.05, 0.1) is 5.52 Å². The first kappa shape index (κ1) is 12.3. The van der Waals surface area contributed by atoms with Crippen molar-refractivity contribution in [1.29, 1.82) is 0 Å². The van der Waals surface area contributed by atoms with Gasteiger partial charge in [0.15, 0.2) is 0 Å². The predicted octanol–water partition coefficient (Wildman–Crippen LogP) is 3.85. The van der Waals surface area contributed by atoms with Crippen molar-refractivity contribution in [3.05, 3.63) is 64.0 Å². The lowest BCUT2D eigenvalue weighted by molar-refractivity contribution is 0.707. The SMILES string of the molecule is Cc1cscc1C(N)Cc1ccc2ccccc2n1. The maximum atomic E-state index is 6.28. The van der Waals surface area contributed by atoms with Crippen LogP contribution in [-0.4, -0.2) is 4.98 Å². The van der Waals surface area contributed by atoms with Crippen LogP contribution in [-0.2, 0) is 6.42 Å². The third-order valence-electron chi connectivity index (χ3n) is 3.38. The van der Waals surface area contributed by atoms with Crippen LogP contribution in [0.4, 0.5) is 0 Å². The Hall–Kier alpha value is -1.71. The summed E-state index contributed by atoms with van der Waals surface area (Å²) in [5.41, 5.74) is 10.9. The Bertz CT molecular complexity index is 703. The number of hydrogen-bond donors (Lipinski definition) is 1. The zero-order valence-electron chi connectivity index (χ0n) is 10.8. The summed E-state index contributed by atoms with van der Waals surface area (Å²) < 4.78 is 0. The molecule has 3 rings (SSSR count). The van der Waals surface area contributed by atoms with Gasteiger partial charge in [-0.05, 0) is 40.9 Å². The van der Waals surface area contributed by atoms with Gasteiger partial charge < -0.3 is 5.73 Å². The minimum Gasteiger partial charge on any atom is -0.324 e. The molecule has 2 aromatic heterocycles. The molecule has 2 heterocycles. The Labute approximate surface area is 116 Å². The number of hydrogen-bond acceptors (Lipinski definition) is 3. The Morgan fingerprint density at radius 2 is 2.00 bits per heavy atom. The van der Waals surface area contributed by atoms with E-state index in [4.69, 9.17) is 5.73 Å². The lowest BCUT2D eigenvalue weighted by Gasteiger charge is -2.11. The van der Waals surface area contributed by atoms with Gasteiger partial charge in [-0.15, -0.1) is 0 Å². The van der Waals surface area contributed by atoms with Gasteiger partial charge in [0.2, 0.25) is 0 Å². The quantitative estimate of drug-likeness (QED) is 0.783. The number of thiophene rings is 1. The first-order chi connectivity index (χ1) is 9.24. The highest BCUT2D eigenvalue weighted by atomic mass is 32.1. The van der Waals surface area contributed by atoms with Gasteiger partial charge in [-0.3, -0.25) is 4.98 Å². The van der Waals surface area contributed by atoms with E-state index < -0.39 is 0 Å². The van der Waals surface area contributed by atoms with Gasteiger partial charge in [0.1, 0.15) is 0 Å². The van der Waals surface area contributed by atoms with E-state index in [2.05, 4.69) is 40.9 Å². The summed E-state index contributed by atoms with van der Waals surface area (Å²) in [6.07, 6.45) is 0.780. The highest BCUT2D eigenvalue weighted by Gasteiger charge is 2.11. The Kier molecular flexibility index (Phi) is 3.32. The Morgan fingerprint density at radius 3 is 2.79 bits per heavy atom. The Morgan fingerprint density at radius 1 is 1.16 bits per heavy atom. The summed E-state index contributed by atoms with van der Waals surface area (Å²) >= 11 is 1.71. The minimum absolute atomic E-state index is 0.0277. The molecule has 0 saturated heterocycles. The third kappa shape index (κ3) is 2.53. The van der Waals surface area contributed by atoms with E-state index in [0.29, 0.717) is 0 Å². The molecule has 0 amide bonds. The molecule has 0 saturated carbocycles. The summed E-state index contributed by atoms with van der Waals surface area (Å²) in [6, 6.07) is 12.4. The molecule has 0 aliphatic heterocycles. The summed E-state index contributed by atoms with van der Waals surface area (Å²) in [5, 5.41) is 5.45. The fourth-order valence-electron chi connectivity index (χ4n) is 2.31. The molecule has 1 unspecified atom stereocenters. The molecule has 0 aliphatic carbocycles. The van der Waals surface area contributed by atoms with Crippen molar-refractivity contribution in [3.63, 3.8) is 0 Å². The molecule has 2 nitrogen and oxygen atoms in total.